The second-order valence-electron chi connectivity index (χ2n) is 5.44. The van der Waals surface area contributed by atoms with E-state index in [1.54, 1.807) is 12.8 Å². The van der Waals surface area contributed by atoms with Crippen LogP contribution in [0, 0.1) is 17.3 Å². The average Bonchev–Trinajstić information content (AvgIpc) is 2.73. The predicted molar refractivity (Wildman–Crippen MR) is 60.8 cm³/mol. The first-order valence-electron chi connectivity index (χ1n) is 6.28. The van der Waals surface area contributed by atoms with E-state index in [-0.39, 0.29) is 0 Å². The first-order chi connectivity index (χ1) is 6.28. The molecule has 2 rings (SSSR count). The van der Waals surface area contributed by atoms with Crippen molar-refractivity contribution in [2.24, 2.45) is 17.3 Å². The molecule has 0 nitrogen and oxygen atoms in total. The van der Waals surface area contributed by atoms with Crippen molar-refractivity contribution in [2.75, 3.05) is 0 Å². The van der Waals surface area contributed by atoms with Gasteiger partial charge < -0.3 is 0 Å². The lowest BCUT2D eigenvalue weighted by Crippen LogP contribution is -2.29. The molecule has 13 heavy (non-hydrogen) atoms. The van der Waals surface area contributed by atoms with Crippen LogP contribution in [-0.2, 0) is 0 Å². The molecule has 2 saturated carbocycles. The van der Waals surface area contributed by atoms with E-state index in [0.717, 1.165) is 17.3 Å². The van der Waals surface area contributed by atoms with Crippen LogP contribution in [0.4, 0.5) is 0 Å². The molecule has 0 aromatic carbocycles. The van der Waals surface area contributed by atoms with E-state index in [2.05, 4.69) is 14.8 Å². The summed E-state index contributed by atoms with van der Waals surface area (Å²) in [6, 6.07) is 0. The lowest BCUT2D eigenvalue weighted by molar-refractivity contribution is 0.156. The van der Waals surface area contributed by atoms with Crippen LogP contribution in [0.15, 0.2) is 0 Å². The number of hydrogen-bond donors (Lipinski definition) is 0. The van der Waals surface area contributed by atoms with Crippen molar-refractivity contribution in [2.45, 2.75) is 58.2 Å². The van der Waals surface area contributed by atoms with Crippen molar-refractivity contribution < 1.29 is 0 Å². The Bertz CT molecular complexity index is 170. The molecule has 0 heterocycles. The van der Waals surface area contributed by atoms with E-state index in [1.807, 2.05) is 0 Å². The topological polar surface area (TPSA) is 0 Å². The quantitative estimate of drug-likeness (QED) is 0.570. The van der Waals surface area contributed by atoms with E-state index in [4.69, 9.17) is 0 Å². The van der Waals surface area contributed by atoms with E-state index in [1.165, 1.54) is 38.4 Å². The molecule has 0 radical (unpaired) electrons. The Kier molecular flexibility index (Phi) is 2.71. The van der Waals surface area contributed by atoms with Gasteiger partial charge in [-0.05, 0) is 36.5 Å². The lowest BCUT2D eigenvalue weighted by Gasteiger charge is -2.37. The molecule has 0 spiro atoms. The third-order valence-corrected chi connectivity index (χ3v) is 4.95. The summed E-state index contributed by atoms with van der Waals surface area (Å²) < 4.78 is 0. The highest BCUT2D eigenvalue weighted by atomic mass is 14.5. The van der Waals surface area contributed by atoms with Gasteiger partial charge in [0.05, 0.1) is 0 Å². The molecule has 0 aromatic rings. The second kappa shape index (κ2) is 3.67. The molecule has 0 bridgehead atoms. The van der Waals surface area contributed by atoms with E-state index in [9.17, 15) is 0 Å². The third-order valence-electron chi connectivity index (χ3n) is 4.95. The van der Waals surface area contributed by atoms with E-state index >= 15 is 0 Å². The van der Waals surface area contributed by atoms with Gasteiger partial charge in [0.25, 0.3) is 0 Å². The van der Waals surface area contributed by atoms with Crippen LogP contribution >= 0.6 is 0 Å². The van der Waals surface area contributed by atoms with Gasteiger partial charge in [0, 0.05) is 0 Å². The highest BCUT2D eigenvalue weighted by Crippen LogP contribution is 2.54. The number of rotatable bonds is 2. The maximum Gasteiger partial charge on any atom is 0.102 e. The zero-order valence-corrected chi connectivity index (χ0v) is 9.31. The zero-order valence-electron chi connectivity index (χ0n) is 9.31. The smallest absolute Gasteiger partial charge is 0.0752 e. The predicted octanol–water partition coefficient (Wildman–Crippen LogP) is 3.03. The van der Waals surface area contributed by atoms with Gasteiger partial charge in [-0.15, -0.1) is 0 Å². The molecule has 2 fully saturated rings. The first-order valence-corrected chi connectivity index (χ1v) is 6.28. The van der Waals surface area contributed by atoms with Crippen LogP contribution in [-0.4, -0.2) is 7.85 Å². The Labute approximate surface area is 83.9 Å². The van der Waals surface area contributed by atoms with Gasteiger partial charge in [0.15, 0.2) is 0 Å². The van der Waals surface area contributed by atoms with Crippen LogP contribution < -0.4 is 0 Å². The summed E-state index contributed by atoms with van der Waals surface area (Å²) in [5.74, 6) is 2.11. The normalized spacial score (nSPS) is 38.2. The minimum Gasteiger partial charge on any atom is -0.0752 e. The van der Waals surface area contributed by atoms with Crippen molar-refractivity contribution in [3.05, 3.63) is 0 Å². The Morgan fingerprint density at radius 2 is 1.85 bits per heavy atom. The Morgan fingerprint density at radius 3 is 2.31 bits per heavy atom. The molecule has 2 unspecified atom stereocenters. The molecule has 0 amide bonds. The van der Waals surface area contributed by atoms with Crippen molar-refractivity contribution in [1.29, 1.82) is 0 Å². The van der Waals surface area contributed by atoms with Crippen LogP contribution in [0.3, 0.4) is 0 Å². The maximum absolute atomic E-state index is 2.49. The molecular weight excluding hydrogens is 155 g/mol. The SMILES string of the molecule is BCC1(C2CCCC2C)CCCC1. The minimum absolute atomic E-state index is 0.788. The van der Waals surface area contributed by atoms with Crippen LogP contribution in [0.5, 0.6) is 0 Å². The molecule has 0 aliphatic heterocycles. The third kappa shape index (κ3) is 1.55. The largest absolute Gasteiger partial charge is 0.102 e. The van der Waals surface area contributed by atoms with Crippen LogP contribution in [0.2, 0.25) is 6.32 Å². The molecule has 0 N–H and O–H groups in total. The zero-order chi connectivity index (χ0) is 9.31. The van der Waals surface area contributed by atoms with Gasteiger partial charge in [0.1, 0.15) is 7.85 Å². The van der Waals surface area contributed by atoms with Gasteiger partial charge in [-0.25, -0.2) is 0 Å². The summed E-state index contributed by atoms with van der Waals surface area (Å²) in [4.78, 5) is 0. The second-order valence-corrected chi connectivity index (χ2v) is 5.44. The van der Waals surface area contributed by atoms with Crippen molar-refractivity contribution >= 4 is 7.85 Å². The standard InChI is InChI=1S/C12H23B/c1-10-5-4-6-11(10)12(9-13)7-2-3-8-12/h10-11H,2-9,13H2,1H3. The fourth-order valence-corrected chi connectivity index (χ4v) is 4.12. The molecule has 0 saturated heterocycles. The summed E-state index contributed by atoms with van der Waals surface area (Å²) >= 11 is 0. The molecule has 2 aliphatic carbocycles. The molecular formula is C12H23B. The first kappa shape index (κ1) is 9.61. The highest BCUT2D eigenvalue weighted by Gasteiger charge is 2.43. The molecule has 74 valence electrons. The Hall–Kier alpha value is 0.0649. The monoisotopic (exact) mass is 178 g/mol. The summed E-state index contributed by atoms with van der Waals surface area (Å²) in [5.41, 5.74) is 0.788. The maximum atomic E-state index is 2.49. The minimum atomic E-state index is 0.788. The van der Waals surface area contributed by atoms with Gasteiger partial charge in [-0.2, -0.15) is 0 Å². The van der Waals surface area contributed by atoms with Gasteiger partial charge in [-0.3, -0.25) is 0 Å². The van der Waals surface area contributed by atoms with Gasteiger partial charge >= 0.3 is 0 Å². The van der Waals surface area contributed by atoms with Crippen molar-refractivity contribution in [1.82, 2.24) is 0 Å². The van der Waals surface area contributed by atoms with E-state index in [0.29, 0.717) is 0 Å². The van der Waals surface area contributed by atoms with E-state index < -0.39 is 0 Å². The number of hydrogen-bond acceptors (Lipinski definition) is 0. The molecule has 0 aromatic heterocycles. The Morgan fingerprint density at radius 1 is 1.15 bits per heavy atom. The van der Waals surface area contributed by atoms with Crippen molar-refractivity contribution in [3.8, 4) is 0 Å². The van der Waals surface area contributed by atoms with Gasteiger partial charge in [0.2, 0.25) is 0 Å². The summed E-state index contributed by atoms with van der Waals surface area (Å²) in [6.07, 6.45) is 12.1. The fraction of sp³-hybridized carbons (Fsp3) is 1.00. The van der Waals surface area contributed by atoms with Gasteiger partial charge in [-0.1, -0.05) is 38.9 Å². The van der Waals surface area contributed by atoms with Crippen molar-refractivity contribution in [3.63, 3.8) is 0 Å². The summed E-state index contributed by atoms with van der Waals surface area (Å²) in [7, 11) is 2.43. The highest BCUT2D eigenvalue weighted by molar-refractivity contribution is 6.09. The average molecular weight is 178 g/mol. The summed E-state index contributed by atoms with van der Waals surface area (Å²) in [5, 5.41) is 0. The fourth-order valence-electron chi connectivity index (χ4n) is 4.12. The van der Waals surface area contributed by atoms with Crippen LogP contribution in [0.1, 0.15) is 51.9 Å². The lowest BCUT2D eigenvalue weighted by atomic mass is 9.63. The Balaban J connectivity index is 2.10. The van der Waals surface area contributed by atoms with Crippen LogP contribution in [0.25, 0.3) is 0 Å². The molecule has 1 heteroatoms. The molecule has 2 aliphatic rings. The summed E-state index contributed by atoms with van der Waals surface area (Å²) in [6.45, 7) is 2.49. The molecule has 2 atom stereocenters.